The van der Waals surface area contributed by atoms with Crippen molar-refractivity contribution in [2.75, 3.05) is 0 Å². The summed E-state index contributed by atoms with van der Waals surface area (Å²) in [6, 6.07) is 13.2. The van der Waals surface area contributed by atoms with Crippen molar-refractivity contribution in [3.8, 4) is 11.5 Å². The molecule has 1 atom stereocenters. The second-order valence-corrected chi connectivity index (χ2v) is 7.04. The largest absolute Gasteiger partial charge is 0.452 e. The number of benzene rings is 2. The highest BCUT2D eigenvalue weighted by Gasteiger charge is 2.54. The lowest BCUT2D eigenvalue weighted by molar-refractivity contribution is -0.170. The summed E-state index contributed by atoms with van der Waals surface area (Å²) < 4.78 is 12.4. The van der Waals surface area contributed by atoms with Crippen LogP contribution < -0.4 is 32.4 Å². The third-order valence-corrected chi connectivity index (χ3v) is 4.74. The van der Waals surface area contributed by atoms with E-state index in [0.717, 1.165) is 16.7 Å². The van der Waals surface area contributed by atoms with Gasteiger partial charge < -0.3 is 32.4 Å². The molecule has 2 aliphatic heterocycles. The van der Waals surface area contributed by atoms with E-state index >= 15 is 0 Å². The molecule has 6 heteroatoms. The van der Waals surface area contributed by atoms with E-state index in [1.165, 1.54) is 0 Å². The van der Waals surface area contributed by atoms with Crippen molar-refractivity contribution in [3.63, 3.8) is 0 Å². The van der Waals surface area contributed by atoms with Crippen molar-refractivity contribution < 1.29 is 9.47 Å². The molecule has 0 fully saturated rings. The molecule has 2 aliphatic rings. The summed E-state index contributed by atoms with van der Waals surface area (Å²) in [5, 5.41) is 0. The lowest BCUT2D eigenvalue weighted by atomic mass is 9.81. The monoisotopic (exact) mass is 326 g/mol. The van der Waals surface area contributed by atoms with Gasteiger partial charge in [-0.05, 0) is 25.1 Å². The fourth-order valence-electron chi connectivity index (χ4n) is 3.75. The Morgan fingerprint density at radius 1 is 0.792 bits per heavy atom. The van der Waals surface area contributed by atoms with E-state index in [4.69, 9.17) is 32.4 Å². The van der Waals surface area contributed by atoms with Gasteiger partial charge in [-0.3, -0.25) is 0 Å². The molecule has 6 nitrogen and oxygen atoms in total. The highest BCUT2D eigenvalue weighted by atomic mass is 16.7. The van der Waals surface area contributed by atoms with Crippen molar-refractivity contribution in [2.45, 2.75) is 36.9 Å². The van der Waals surface area contributed by atoms with Crippen molar-refractivity contribution >= 4 is 0 Å². The van der Waals surface area contributed by atoms with Gasteiger partial charge in [0.1, 0.15) is 22.8 Å². The number of ether oxygens (including phenoxy) is 2. The van der Waals surface area contributed by atoms with Crippen molar-refractivity contribution in [1.29, 1.82) is 0 Å². The van der Waals surface area contributed by atoms with Gasteiger partial charge in [0.05, 0.1) is 12.8 Å². The van der Waals surface area contributed by atoms with Crippen molar-refractivity contribution in [1.82, 2.24) is 0 Å². The third kappa shape index (κ3) is 2.27. The standard InChI is InChI=1S/C18H22N4O2/c1-11-6-7-15-13(8-11)18(21,22)10-16(24-15)9-17(19,20)12-4-2-3-5-14(12)23-16/h2-8H,9-10,19-22H2,1H3. The van der Waals surface area contributed by atoms with Crippen molar-refractivity contribution in [2.24, 2.45) is 22.9 Å². The lowest BCUT2D eigenvalue weighted by Crippen LogP contribution is -2.65. The molecule has 24 heavy (non-hydrogen) atoms. The zero-order chi connectivity index (χ0) is 17.2. The maximum absolute atomic E-state index is 6.41. The van der Waals surface area contributed by atoms with Crippen LogP contribution in [0.3, 0.4) is 0 Å². The molecule has 0 amide bonds. The van der Waals surface area contributed by atoms with Crippen LogP contribution in [0.1, 0.15) is 29.5 Å². The molecule has 1 spiro atoms. The average Bonchev–Trinajstić information content (AvgIpc) is 2.47. The van der Waals surface area contributed by atoms with Gasteiger partial charge in [0.15, 0.2) is 0 Å². The van der Waals surface area contributed by atoms with Crippen LogP contribution in [0.15, 0.2) is 42.5 Å². The van der Waals surface area contributed by atoms with E-state index in [-0.39, 0.29) is 12.8 Å². The SMILES string of the molecule is Cc1ccc2c(c1)C(N)(N)CC1(CC(N)(N)c3ccccc3O1)O2. The summed E-state index contributed by atoms with van der Waals surface area (Å²) in [5.41, 5.74) is 25.9. The number of fused-ring (bicyclic) bond motifs is 2. The van der Waals surface area contributed by atoms with Crippen molar-refractivity contribution in [3.05, 3.63) is 59.2 Å². The Kier molecular flexibility index (Phi) is 3.02. The van der Waals surface area contributed by atoms with Crippen LogP contribution in [-0.4, -0.2) is 5.79 Å². The third-order valence-electron chi connectivity index (χ3n) is 4.74. The molecule has 8 N–H and O–H groups in total. The van der Waals surface area contributed by atoms with Gasteiger partial charge in [-0.1, -0.05) is 29.8 Å². The predicted molar refractivity (Wildman–Crippen MR) is 90.9 cm³/mol. The highest BCUT2D eigenvalue weighted by molar-refractivity contribution is 5.46. The summed E-state index contributed by atoms with van der Waals surface area (Å²) in [5.74, 6) is 0.107. The minimum Gasteiger partial charge on any atom is -0.452 e. The molecular formula is C18H22N4O2. The molecular weight excluding hydrogens is 304 g/mol. The van der Waals surface area contributed by atoms with Gasteiger partial charge in [-0.25, -0.2) is 0 Å². The van der Waals surface area contributed by atoms with Gasteiger partial charge in [0.2, 0.25) is 0 Å². The van der Waals surface area contributed by atoms with Crippen LogP contribution in [-0.2, 0) is 11.3 Å². The maximum Gasteiger partial charge on any atom is 0.258 e. The highest BCUT2D eigenvalue weighted by Crippen LogP contribution is 2.48. The molecule has 0 saturated carbocycles. The smallest absolute Gasteiger partial charge is 0.258 e. The summed E-state index contributed by atoms with van der Waals surface area (Å²) >= 11 is 0. The quantitative estimate of drug-likeness (QED) is 0.538. The van der Waals surface area contributed by atoms with E-state index in [1.54, 1.807) is 0 Å². The number of hydrogen-bond donors (Lipinski definition) is 4. The fraction of sp³-hybridized carbons (Fsp3) is 0.333. The van der Waals surface area contributed by atoms with Gasteiger partial charge in [0, 0.05) is 11.1 Å². The second-order valence-electron chi connectivity index (χ2n) is 7.04. The van der Waals surface area contributed by atoms with Gasteiger partial charge in [0.25, 0.3) is 5.79 Å². The Labute approximate surface area is 140 Å². The van der Waals surface area contributed by atoms with Crippen LogP contribution >= 0.6 is 0 Å². The molecule has 2 aromatic rings. The Hall–Kier alpha value is -2.12. The lowest BCUT2D eigenvalue weighted by Gasteiger charge is -2.50. The van der Waals surface area contributed by atoms with E-state index in [0.29, 0.717) is 11.5 Å². The molecule has 1 unspecified atom stereocenters. The Morgan fingerprint density at radius 3 is 2.08 bits per heavy atom. The first-order valence-electron chi connectivity index (χ1n) is 7.95. The summed E-state index contributed by atoms with van der Waals surface area (Å²) in [6.45, 7) is 1.99. The number of para-hydroxylation sites is 1. The molecule has 4 rings (SSSR count). The second kappa shape index (κ2) is 4.70. The predicted octanol–water partition coefficient (Wildman–Crippen LogP) is 1.10. The summed E-state index contributed by atoms with van der Waals surface area (Å²) in [6.07, 6.45) is 0.501. The Morgan fingerprint density at radius 2 is 1.38 bits per heavy atom. The van der Waals surface area contributed by atoms with Crippen LogP contribution in [0.2, 0.25) is 0 Å². The molecule has 0 aromatic heterocycles. The average molecular weight is 326 g/mol. The zero-order valence-electron chi connectivity index (χ0n) is 13.6. The van der Waals surface area contributed by atoms with E-state index in [2.05, 4.69) is 0 Å². The fourth-order valence-corrected chi connectivity index (χ4v) is 3.75. The first-order valence-corrected chi connectivity index (χ1v) is 7.95. The molecule has 0 bridgehead atoms. The first-order chi connectivity index (χ1) is 11.2. The Balaban J connectivity index is 1.82. The van der Waals surface area contributed by atoms with Crippen LogP contribution in [0.25, 0.3) is 0 Å². The molecule has 2 aromatic carbocycles. The molecule has 2 heterocycles. The van der Waals surface area contributed by atoms with E-state index in [1.807, 2.05) is 49.4 Å². The minimum absolute atomic E-state index is 0.250. The summed E-state index contributed by atoms with van der Waals surface area (Å²) in [4.78, 5) is 0. The van der Waals surface area contributed by atoms with Crippen LogP contribution in [0.5, 0.6) is 11.5 Å². The molecule has 0 saturated heterocycles. The molecule has 126 valence electrons. The molecule has 0 radical (unpaired) electrons. The number of aryl methyl sites for hydroxylation is 1. The van der Waals surface area contributed by atoms with Crippen LogP contribution in [0.4, 0.5) is 0 Å². The Bertz CT molecular complexity index is 818. The number of rotatable bonds is 0. The van der Waals surface area contributed by atoms with E-state index in [9.17, 15) is 0 Å². The minimum atomic E-state index is -1.10. The number of hydrogen-bond acceptors (Lipinski definition) is 6. The zero-order valence-corrected chi connectivity index (χ0v) is 13.6. The molecule has 0 aliphatic carbocycles. The topological polar surface area (TPSA) is 123 Å². The first kappa shape index (κ1) is 15.4. The number of nitrogens with two attached hydrogens (primary N) is 4. The normalized spacial score (nSPS) is 26.0. The maximum atomic E-state index is 6.41. The van der Waals surface area contributed by atoms with Crippen LogP contribution in [0, 0.1) is 6.92 Å². The van der Waals surface area contributed by atoms with Gasteiger partial charge in [-0.2, -0.15) is 0 Å². The van der Waals surface area contributed by atoms with Gasteiger partial charge in [-0.15, -0.1) is 0 Å². The van der Waals surface area contributed by atoms with Gasteiger partial charge >= 0.3 is 0 Å². The summed E-state index contributed by atoms with van der Waals surface area (Å²) in [7, 11) is 0. The van der Waals surface area contributed by atoms with E-state index < -0.39 is 17.1 Å².